The van der Waals surface area contributed by atoms with Gasteiger partial charge in [-0.25, -0.2) is 0 Å². The fourth-order valence-corrected chi connectivity index (χ4v) is 3.09. The summed E-state index contributed by atoms with van der Waals surface area (Å²) in [4.78, 5) is 48.9. The average molecular weight is 312 g/mol. The lowest BCUT2D eigenvalue weighted by molar-refractivity contribution is -0.146. The number of amides is 4. The van der Waals surface area contributed by atoms with Gasteiger partial charge in [0.25, 0.3) is 0 Å². The summed E-state index contributed by atoms with van der Waals surface area (Å²) in [5.41, 5.74) is 0. The second kappa shape index (κ2) is 8.06. The molecule has 0 aromatic heterocycles. The van der Waals surface area contributed by atoms with E-state index in [0.29, 0.717) is 0 Å². The van der Waals surface area contributed by atoms with Gasteiger partial charge in [0.2, 0.25) is 23.6 Å². The van der Waals surface area contributed by atoms with Crippen LogP contribution in [0, 0.1) is 23.7 Å². The highest BCUT2D eigenvalue weighted by molar-refractivity contribution is 6.17. The SMILES string of the molecule is CC.CC.CC.CN1C(=O)C2C(C1=O)C1C(=O)N(C)C(=O)C21. The Hall–Kier alpha value is -1.72. The van der Waals surface area contributed by atoms with Crippen molar-refractivity contribution >= 4 is 23.6 Å². The number of imide groups is 2. The van der Waals surface area contributed by atoms with Crippen LogP contribution in [-0.4, -0.2) is 47.5 Å². The lowest BCUT2D eigenvalue weighted by Crippen LogP contribution is -2.50. The van der Waals surface area contributed by atoms with Crippen molar-refractivity contribution < 1.29 is 19.2 Å². The van der Waals surface area contributed by atoms with Gasteiger partial charge in [-0.2, -0.15) is 0 Å². The van der Waals surface area contributed by atoms with Gasteiger partial charge >= 0.3 is 0 Å². The van der Waals surface area contributed by atoms with E-state index in [9.17, 15) is 19.2 Å². The summed E-state index contributed by atoms with van der Waals surface area (Å²) < 4.78 is 0. The number of likely N-dealkylation sites (tertiary alicyclic amines) is 2. The highest BCUT2D eigenvalue weighted by Gasteiger charge is 2.72. The predicted octanol–water partition coefficient (Wildman–Crippen LogP) is 1.54. The molecule has 0 spiro atoms. The van der Waals surface area contributed by atoms with E-state index < -0.39 is 23.7 Å². The molecule has 22 heavy (non-hydrogen) atoms. The van der Waals surface area contributed by atoms with Crippen molar-refractivity contribution in [3.05, 3.63) is 0 Å². The normalized spacial score (nSPS) is 30.9. The van der Waals surface area contributed by atoms with Gasteiger partial charge in [-0.15, -0.1) is 0 Å². The Labute approximate surface area is 132 Å². The van der Waals surface area contributed by atoms with Gasteiger partial charge in [-0.1, -0.05) is 41.5 Å². The smallest absolute Gasteiger partial charge is 0.233 e. The topological polar surface area (TPSA) is 74.8 Å². The molecular formula is C16H28N2O4. The molecule has 0 atom stereocenters. The first kappa shape index (κ1) is 20.3. The minimum absolute atomic E-state index is 0.326. The van der Waals surface area contributed by atoms with E-state index in [1.807, 2.05) is 41.5 Å². The van der Waals surface area contributed by atoms with E-state index >= 15 is 0 Å². The first-order valence-electron chi connectivity index (χ1n) is 8.09. The van der Waals surface area contributed by atoms with Gasteiger partial charge < -0.3 is 0 Å². The molecule has 0 N–H and O–H groups in total. The first-order valence-corrected chi connectivity index (χ1v) is 8.09. The molecule has 126 valence electrons. The number of hydrogen-bond acceptors (Lipinski definition) is 4. The molecule has 1 aliphatic carbocycles. The van der Waals surface area contributed by atoms with Gasteiger partial charge in [-0.3, -0.25) is 29.0 Å². The van der Waals surface area contributed by atoms with E-state index in [4.69, 9.17) is 0 Å². The number of rotatable bonds is 0. The van der Waals surface area contributed by atoms with Gasteiger partial charge in [-0.05, 0) is 0 Å². The third kappa shape index (κ3) is 2.55. The van der Waals surface area contributed by atoms with Crippen LogP contribution in [0.2, 0.25) is 0 Å². The number of fused-ring (bicyclic) bond motifs is 4. The molecule has 4 amide bonds. The van der Waals surface area contributed by atoms with Crippen LogP contribution in [0.25, 0.3) is 0 Å². The number of carbonyl (C=O) groups excluding carboxylic acids is 4. The minimum Gasteiger partial charge on any atom is -0.285 e. The molecule has 0 aromatic carbocycles. The van der Waals surface area contributed by atoms with Crippen LogP contribution in [0.3, 0.4) is 0 Å². The van der Waals surface area contributed by atoms with Crippen LogP contribution in [0.5, 0.6) is 0 Å². The van der Waals surface area contributed by atoms with Crippen LogP contribution in [0.1, 0.15) is 41.5 Å². The maximum absolute atomic E-state index is 11.7. The molecule has 2 saturated heterocycles. The standard InChI is InChI=1S/C10H10N2O4.3C2H6/c1-11-7(13)3-4(8(11)14)6-5(3)9(15)12(2)10(6)16;3*1-2/h3-6H,1-2H3;3*1-2H3. The van der Waals surface area contributed by atoms with E-state index in [0.717, 1.165) is 9.80 Å². The van der Waals surface area contributed by atoms with Crippen molar-refractivity contribution in [1.82, 2.24) is 9.80 Å². The molecule has 0 bridgehead atoms. The Balaban J connectivity index is 0.000000661. The van der Waals surface area contributed by atoms with Crippen LogP contribution in [-0.2, 0) is 19.2 Å². The zero-order valence-corrected chi connectivity index (χ0v) is 14.8. The molecular weight excluding hydrogens is 284 g/mol. The molecule has 0 aromatic rings. The Bertz CT molecular complexity index is 371. The fourth-order valence-electron chi connectivity index (χ4n) is 3.09. The molecule has 6 heteroatoms. The van der Waals surface area contributed by atoms with Crippen molar-refractivity contribution in [3.8, 4) is 0 Å². The molecule has 0 unspecified atom stereocenters. The van der Waals surface area contributed by atoms with E-state index in [1.165, 1.54) is 14.1 Å². The van der Waals surface area contributed by atoms with Crippen molar-refractivity contribution in [2.75, 3.05) is 14.1 Å². The van der Waals surface area contributed by atoms with Crippen molar-refractivity contribution in [2.24, 2.45) is 23.7 Å². The van der Waals surface area contributed by atoms with Gasteiger partial charge in [0.15, 0.2) is 0 Å². The minimum atomic E-state index is -0.594. The highest BCUT2D eigenvalue weighted by atomic mass is 16.2. The summed E-state index contributed by atoms with van der Waals surface area (Å²) >= 11 is 0. The van der Waals surface area contributed by atoms with E-state index in [1.54, 1.807) is 0 Å². The van der Waals surface area contributed by atoms with Crippen molar-refractivity contribution in [1.29, 1.82) is 0 Å². The lowest BCUT2D eigenvalue weighted by atomic mass is 9.59. The number of nitrogens with zero attached hydrogens (tertiary/aromatic N) is 2. The van der Waals surface area contributed by atoms with Crippen molar-refractivity contribution in [3.63, 3.8) is 0 Å². The third-order valence-electron chi connectivity index (χ3n) is 4.01. The maximum atomic E-state index is 11.7. The van der Waals surface area contributed by atoms with E-state index in [-0.39, 0.29) is 23.6 Å². The van der Waals surface area contributed by atoms with E-state index in [2.05, 4.69) is 0 Å². The summed E-state index contributed by atoms with van der Waals surface area (Å²) in [6.07, 6.45) is 0. The molecule has 3 fully saturated rings. The average Bonchev–Trinajstić information content (AvgIpc) is 2.84. The van der Waals surface area contributed by atoms with Gasteiger partial charge in [0, 0.05) is 14.1 Å². The quantitative estimate of drug-likeness (QED) is 0.636. The van der Waals surface area contributed by atoms with Crippen molar-refractivity contribution in [2.45, 2.75) is 41.5 Å². The number of hydrogen-bond donors (Lipinski definition) is 0. The molecule has 3 rings (SSSR count). The predicted molar refractivity (Wildman–Crippen MR) is 83.6 cm³/mol. The van der Waals surface area contributed by atoms with Crippen LogP contribution < -0.4 is 0 Å². The molecule has 2 aliphatic heterocycles. The van der Waals surface area contributed by atoms with Crippen LogP contribution >= 0.6 is 0 Å². The van der Waals surface area contributed by atoms with Crippen LogP contribution in [0.4, 0.5) is 0 Å². The Kier molecular flexibility index (Phi) is 7.43. The summed E-state index contributed by atoms with van der Waals surface area (Å²) in [6, 6.07) is 0. The summed E-state index contributed by atoms with van der Waals surface area (Å²) in [6.45, 7) is 12.0. The monoisotopic (exact) mass is 312 g/mol. The molecule has 1 saturated carbocycles. The summed E-state index contributed by atoms with van der Waals surface area (Å²) in [5.74, 6) is -3.68. The zero-order valence-electron chi connectivity index (χ0n) is 14.8. The zero-order chi connectivity index (χ0) is 17.8. The summed E-state index contributed by atoms with van der Waals surface area (Å²) in [7, 11) is 2.80. The first-order chi connectivity index (χ1) is 10.5. The molecule has 3 aliphatic rings. The second-order valence-electron chi connectivity index (χ2n) is 4.57. The van der Waals surface area contributed by atoms with Crippen LogP contribution in [0.15, 0.2) is 0 Å². The molecule has 0 radical (unpaired) electrons. The fraction of sp³-hybridized carbons (Fsp3) is 0.750. The maximum Gasteiger partial charge on any atom is 0.233 e. The summed E-state index contributed by atoms with van der Waals surface area (Å²) in [5, 5.41) is 0. The third-order valence-corrected chi connectivity index (χ3v) is 4.01. The van der Waals surface area contributed by atoms with Gasteiger partial charge in [0.05, 0.1) is 23.7 Å². The Morgan fingerprint density at radius 2 is 0.636 bits per heavy atom. The molecule has 6 nitrogen and oxygen atoms in total. The lowest BCUT2D eigenvalue weighted by Gasteiger charge is -2.36. The number of carbonyl (C=O) groups is 4. The van der Waals surface area contributed by atoms with Gasteiger partial charge in [0.1, 0.15) is 0 Å². The Morgan fingerprint density at radius 1 is 0.500 bits per heavy atom. The largest absolute Gasteiger partial charge is 0.285 e. The highest BCUT2D eigenvalue weighted by Crippen LogP contribution is 2.55. The second-order valence-corrected chi connectivity index (χ2v) is 4.57. The molecule has 2 heterocycles. The Morgan fingerprint density at radius 3 is 0.773 bits per heavy atom.